The zero-order chi connectivity index (χ0) is 17.2. The predicted molar refractivity (Wildman–Crippen MR) is 79.5 cm³/mol. The average molecular weight is 337 g/mol. The lowest BCUT2D eigenvalue weighted by atomic mass is 10.0. The molecule has 0 radical (unpaired) electrons. The molecule has 0 saturated carbocycles. The first-order valence-electron chi connectivity index (χ1n) is 7.18. The maximum absolute atomic E-state index is 12.5. The molecule has 126 valence electrons. The Bertz CT molecular complexity index is 705. The van der Waals surface area contributed by atoms with Gasteiger partial charge in [0.1, 0.15) is 11.7 Å². The van der Waals surface area contributed by atoms with Gasteiger partial charge in [0.15, 0.2) is 0 Å². The van der Waals surface area contributed by atoms with Crippen LogP contribution in [0.3, 0.4) is 0 Å². The van der Waals surface area contributed by atoms with Crippen molar-refractivity contribution in [2.75, 3.05) is 5.32 Å². The fourth-order valence-corrected chi connectivity index (χ4v) is 2.39. The number of halogens is 3. The molecule has 9 heteroatoms. The van der Waals surface area contributed by atoms with E-state index >= 15 is 0 Å². The molecule has 2 atom stereocenters. The molecule has 0 aromatic carbocycles. The molecular formula is C15H14F3N5O. The Morgan fingerprint density at radius 3 is 2.67 bits per heavy atom. The molecule has 0 spiro atoms. The van der Waals surface area contributed by atoms with Crippen LogP contribution in [0, 0.1) is 0 Å². The van der Waals surface area contributed by atoms with Gasteiger partial charge in [-0.2, -0.15) is 13.2 Å². The van der Waals surface area contributed by atoms with Crippen molar-refractivity contribution >= 4 is 11.6 Å². The molecule has 1 amide bonds. The third kappa shape index (κ3) is 3.69. The van der Waals surface area contributed by atoms with Crippen molar-refractivity contribution in [1.82, 2.24) is 20.8 Å². The van der Waals surface area contributed by atoms with Gasteiger partial charge in [-0.15, -0.1) is 0 Å². The average Bonchev–Trinajstić information content (AvgIpc) is 3.05. The van der Waals surface area contributed by atoms with Crippen molar-refractivity contribution in [3.63, 3.8) is 0 Å². The Kier molecular flexibility index (Phi) is 4.45. The number of amides is 1. The van der Waals surface area contributed by atoms with Crippen molar-refractivity contribution in [3.8, 4) is 0 Å². The Labute approximate surface area is 135 Å². The van der Waals surface area contributed by atoms with Crippen LogP contribution in [0.15, 0.2) is 42.9 Å². The fourth-order valence-electron chi connectivity index (χ4n) is 2.39. The molecule has 3 N–H and O–H groups in total. The van der Waals surface area contributed by atoms with Crippen molar-refractivity contribution in [1.29, 1.82) is 0 Å². The van der Waals surface area contributed by atoms with Crippen LogP contribution >= 0.6 is 0 Å². The third-order valence-electron chi connectivity index (χ3n) is 3.63. The van der Waals surface area contributed by atoms with Gasteiger partial charge in [-0.1, -0.05) is 6.07 Å². The van der Waals surface area contributed by atoms with Gasteiger partial charge >= 0.3 is 6.18 Å². The highest BCUT2D eigenvalue weighted by molar-refractivity contribution is 5.94. The van der Waals surface area contributed by atoms with E-state index < -0.39 is 17.9 Å². The minimum Gasteiger partial charge on any atom is -0.323 e. The number of anilines is 1. The third-order valence-corrected chi connectivity index (χ3v) is 3.63. The molecular weight excluding hydrogens is 323 g/mol. The van der Waals surface area contributed by atoms with Gasteiger partial charge in [0.25, 0.3) is 0 Å². The highest BCUT2D eigenvalue weighted by Gasteiger charge is 2.33. The largest absolute Gasteiger partial charge is 0.433 e. The van der Waals surface area contributed by atoms with E-state index in [1.165, 1.54) is 6.07 Å². The van der Waals surface area contributed by atoms with Crippen LogP contribution in [-0.2, 0) is 11.0 Å². The standard InChI is InChI=1S/C15H14F3N5O/c16-15(17,18)13-4-3-10(8-20-13)21-14(24)12-6-11(22-23-12)9-2-1-5-19-7-9/h1-5,7-8,11-12,22-23H,6H2,(H,21,24). The van der Waals surface area contributed by atoms with Gasteiger partial charge in [0.05, 0.1) is 11.9 Å². The number of carbonyl (C=O) groups excluding carboxylic acids is 1. The molecule has 1 fully saturated rings. The van der Waals surface area contributed by atoms with E-state index in [4.69, 9.17) is 0 Å². The van der Waals surface area contributed by atoms with Gasteiger partial charge < -0.3 is 5.32 Å². The second-order valence-electron chi connectivity index (χ2n) is 5.34. The summed E-state index contributed by atoms with van der Waals surface area (Å²) in [6.45, 7) is 0. The quantitative estimate of drug-likeness (QED) is 0.799. The lowest BCUT2D eigenvalue weighted by Gasteiger charge is -2.11. The minimum atomic E-state index is -4.50. The summed E-state index contributed by atoms with van der Waals surface area (Å²) in [6, 6.07) is 5.12. The number of hydrogen-bond donors (Lipinski definition) is 3. The summed E-state index contributed by atoms with van der Waals surface area (Å²) in [7, 11) is 0. The van der Waals surface area contributed by atoms with Crippen molar-refractivity contribution in [2.24, 2.45) is 0 Å². The minimum absolute atomic E-state index is 0.0693. The summed E-state index contributed by atoms with van der Waals surface area (Å²) in [5.41, 5.74) is 6.02. The smallest absolute Gasteiger partial charge is 0.323 e. The van der Waals surface area contributed by atoms with Crippen molar-refractivity contribution in [3.05, 3.63) is 54.1 Å². The summed E-state index contributed by atoms with van der Waals surface area (Å²) >= 11 is 0. The first-order valence-corrected chi connectivity index (χ1v) is 7.18. The highest BCUT2D eigenvalue weighted by atomic mass is 19.4. The van der Waals surface area contributed by atoms with Crippen LogP contribution in [0.2, 0.25) is 0 Å². The molecule has 3 heterocycles. The molecule has 2 unspecified atom stereocenters. The zero-order valence-electron chi connectivity index (χ0n) is 12.3. The van der Waals surface area contributed by atoms with Gasteiger partial charge in [0.2, 0.25) is 5.91 Å². The first-order chi connectivity index (χ1) is 11.4. The lowest BCUT2D eigenvalue weighted by molar-refractivity contribution is -0.141. The molecule has 24 heavy (non-hydrogen) atoms. The van der Waals surface area contributed by atoms with Crippen molar-refractivity contribution in [2.45, 2.75) is 24.7 Å². The molecule has 1 aliphatic heterocycles. The van der Waals surface area contributed by atoms with Crippen molar-refractivity contribution < 1.29 is 18.0 Å². The van der Waals surface area contributed by atoms with E-state index in [2.05, 4.69) is 26.1 Å². The van der Waals surface area contributed by atoms with Crippen LogP contribution in [0.1, 0.15) is 23.7 Å². The highest BCUT2D eigenvalue weighted by Crippen LogP contribution is 2.28. The predicted octanol–water partition coefficient (Wildman–Crippen LogP) is 2.04. The number of nitrogens with zero attached hydrogens (tertiary/aromatic N) is 2. The second kappa shape index (κ2) is 6.54. The SMILES string of the molecule is O=C(Nc1ccc(C(F)(F)F)nc1)C1CC(c2cccnc2)NN1. The summed E-state index contributed by atoms with van der Waals surface area (Å²) in [5, 5.41) is 2.55. The second-order valence-corrected chi connectivity index (χ2v) is 5.34. The Balaban J connectivity index is 1.60. The monoisotopic (exact) mass is 337 g/mol. The van der Waals surface area contributed by atoms with Gasteiger partial charge in [0, 0.05) is 18.4 Å². The van der Waals surface area contributed by atoms with E-state index in [0.29, 0.717) is 6.42 Å². The van der Waals surface area contributed by atoms with Crippen LogP contribution in [0.5, 0.6) is 0 Å². The topological polar surface area (TPSA) is 78.9 Å². The number of nitrogens with one attached hydrogen (secondary N) is 3. The number of carbonyl (C=O) groups is 1. The number of aromatic nitrogens is 2. The van der Waals surface area contributed by atoms with Crippen LogP contribution < -0.4 is 16.2 Å². The Morgan fingerprint density at radius 1 is 1.21 bits per heavy atom. The summed E-state index contributed by atoms with van der Waals surface area (Å²) in [5.74, 6) is -0.351. The van der Waals surface area contributed by atoms with E-state index in [0.717, 1.165) is 17.8 Å². The van der Waals surface area contributed by atoms with Gasteiger partial charge in [-0.25, -0.2) is 15.8 Å². The molecule has 1 saturated heterocycles. The van der Waals surface area contributed by atoms with E-state index in [9.17, 15) is 18.0 Å². The molecule has 2 aromatic heterocycles. The van der Waals surface area contributed by atoms with Gasteiger partial charge in [-0.3, -0.25) is 9.78 Å². The number of hydrazine groups is 1. The lowest BCUT2D eigenvalue weighted by Crippen LogP contribution is -2.39. The van der Waals surface area contributed by atoms with E-state index in [1.807, 2.05) is 6.07 Å². The molecule has 3 rings (SSSR count). The molecule has 0 bridgehead atoms. The number of hydrogen-bond acceptors (Lipinski definition) is 5. The number of pyridine rings is 2. The van der Waals surface area contributed by atoms with Crippen LogP contribution in [0.25, 0.3) is 0 Å². The number of rotatable bonds is 3. The number of alkyl halides is 3. The van der Waals surface area contributed by atoms with Crippen LogP contribution in [-0.4, -0.2) is 21.9 Å². The summed E-state index contributed by atoms with van der Waals surface area (Å²) in [4.78, 5) is 19.5. The Morgan fingerprint density at radius 2 is 2.04 bits per heavy atom. The maximum atomic E-state index is 12.5. The molecule has 2 aromatic rings. The first kappa shape index (κ1) is 16.3. The summed E-state index contributed by atoms with van der Waals surface area (Å²) in [6.07, 6.45) is 0.344. The molecule has 1 aliphatic rings. The molecule has 0 aliphatic carbocycles. The maximum Gasteiger partial charge on any atom is 0.433 e. The summed E-state index contributed by atoms with van der Waals surface area (Å²) < 4.78 is 37.4. The molecule has 6 nitrogen and oxygen atoms in total. The van der Waals surface area contributed by atoms with E-state index in [-0.39, 0.29) is 17.6 Å². The van der Waals surface area contributed by atoms with E-state index in [1.54, 1.807) is 18.5 Å². The van der Waals surface area contributed by atoms with Crippen LogP contribution in [0.4, 0.5) is 18.9 Å². The zero-order valence-corrected chi connectivity index (χ0v) is 12.3. The fraction of sp³-hybridized carbons (Fsp3) is 0.267. The van der Waals surface area contributed by atoms with Gasteiger partial charge in [-0.05, 0) is 30.2 Å². The normalized spacial score (nSPS) is 20.8. The Hall–Kier alpha value is -2.52.